The van der Waals surface area contributed by atoms with Gasteiger partial charge in [-0.25, -0.2) is 7.80 Å². The van der Waals surface area contributed by atoms with Crippen molar-refractivity contribution in [1.29, 1.82) is 0 Å². The van der Waals surface area contributed by atoms with Gasteiger partial charge >= 0.3 is 0 Å². The van der Waals surface area contributed by atoms with Crippen LogP contribution >= 0.6 is 7.80 Å². The predicted molar refractivity (Wildman–Crippen MR) is 112 cm³/mol. The third kappa shape index (κ3) is 3.33. The Morgan fingerprint density at radius 1 is 0.583 bits per heavy atom. The summed E-state index contributed by atoms with van der Waals surface area (Å²) in [7, 11) is 0.283. The summed E-state index contributed by atoms with van der Waals surface area (Å²) in [6.07, 6.45) is 5.40. The van der Waals surface area contributed by atoms with Crippen molar-refractivity contribution in [1.82, 2.24) is 0 Å². The molecule has 0 spiro atoms. The van der Waals surface area contributed by atoms with Crippen molar-refractivity contribution in [2.24, 2.45) is 0 Å². The Hall–Kier alpha value is -1.47. The van der Waals surface area contributed by atoms with Crippen molar-refractivity contribution >= 4 is 37.3 Å². The summed E-state index contributed by atoms with van der Waals surface area (Å²) in [6, 6.07) is 19.0. The summed E-state index contributed by atoms with van der Waals surface area (Å²) < 4.78 is 0. The van der Waals surface area contributed by atoms with Gasteiger partial charge in [0, 0.05) is 37.6 Å². The van der Waals surface area contributed by atoms with Crippen LogP contribution in [0.25, 0.3) is 0 Å². The van der Waals surface area contributed by atoms with E-state index in [1.54, 1.807) is 10.6 Å². The molecule has 4 rings (SSSR count). The van der Waals surface area contributed by atoms with Gasteiger partial charge in [0.25, 0.3) is 0 Å². The van der Waals surface area contributed by atoms with Crippen molar-refractivity contribution in [3.05, 3.63) is 48.5 Å². The third-order valence-corrected chi connectivity index (χ3v) is 6.01. The number of benzene rings is 2. The standard InChI is InChI=1S/C20H27BN2P/c21-24(19-9-5-17(6-10-19)22-13-1-2-14-22)20-11-7-18(8-12-20)23-15-3-4-16-23/h5-12H,1-4,13-16H2,21H3/q-1. The van der Waals surface area contributed by atoms with Gasteiger partial charge in [0.15, 0.2) is 0 Å². The van der Waals surface area contributed by atoms with Gasteiger partial charge in [0.1, 0.15) is 0 Å². The molecule has 0 unspecified atom stereocenters. The Kier molecular flexibility index (Phi) is 4.80. The van der Waals surface area contributed by atoms with Crippen LogP contribution in [0.2, 0.25) is 0 Å². The molecule has 2 aromatic carbocycles. The topological polar surface area (TPSA) is 6.48 Å². The lowest BCUT2D eigenvalue weighted by Gasteiger charge is -2.24. The maximum atomic E-state index is 2.53. The molecular formula is C20H27BN2P-. The van der Waals surface area contributed by atoms with Gasteiger partial charge in [-0.05, 0) is 57.5 Å². The third-order valence-electron chi connectivity index (χ3n) is 4.90. The zero-order valence-electron chi connectivity index (χ0n) is 13.6. The second kappa shape index (κ2) is 7.19. The minimum absolute atomic E-state index is 0.00695. The molecule has 0 radical (unpaired) electrons. The normalized spacial score (nSPS) is 17.9. The molecule has 24 heavy (non-hydrogen) atoms. The molecule has 0 bridgehead atoms. The van der Waals surface area contributed by atoms with Crippen molar-refractivity contribution in [2.45, 2.75) is 25.7 Å². The largest absolute Gasteiger partial charge is 0.372 e. The highest BCUT2D eigenvalue weighted by Gasteiger charge is 2.13. The second-order valence-corrected chi connectivity index (χ2v) is 7.79. The van der Waals surface area contributed by atoms with Crippen molar-refractivity contribution in [2.75, 3.05) is 36.0 Å². The quantitative estimate of drug-likeness (QED) is 0.625. The molecule has 0 aromatic heterocycles. The fraction of sp³-hybridized carbons (Fsp3) is 0.400. The molecule has 0 atom stereocenters. The Balaban J connectivity index is 1.47. The van der Waals surface area contributed by atoms with Gasteiger partial charge in [0.2, 0.25) is 0 Å². The molecule has 4 heteroatoms. The van der Waals surface area contributed by atoms with E-state index in [-0.39, 0.29) is 15.4 Å². The van der Waals surface area contributed by atoms with Crippen LogP contribution in [0.3, 0.4) is 0 Å². The lowest BCUT2D eigenvalue weighted by molar-refractivity contribution is 0.949. The summed E-state index contributed by atoms with van der Waals surface area (Å²) in [4.78, 5) is 5.05. The van der Waals surface area contributed by atoms with Crippen LogP contribution in [0.1, 0.15) is 25.7 Å². The Bertz CT molecular complexity index is 600. The highest BCUT2D eigenvalue weighted by Crippen LogP contribution is 2.30. The summed E-state index contributed by atoms with van der Waals surface area (Å²) in [5, 5.41) is 3.17. The van der Waals surface area contributed by atoms with Gasteiger partial charge in [-0.3, -0.25) is 0 Å². The number of rotatable bonds is 4. The van der Waals surface area contributed by atoms with Crippen LogP contribution in [-0.2, 0) is 0 Å². The van der Waals surface area contributed by atoms with Gasteiger partial charge in [-0.2, -0.15) is 0 Å². The molecule has 2 nitrogen and oxygen atoms in total. The highest BCUT2D eigenvalue weighted by atomic mass is 31.1. The summed E-state index contributed by atoms with van der Waals surface area (Å²) in [6.45, 7) is 4.94. The average Bonchev–Trinajstić information content (AvgIpc) is 3.35. The second-order valence-electron chi connectivity index (χ2n) is 6.53. The zero-order chi connectivity index (χ0) is 16.4. The van der Waals surface area contributed by atoms with Gasteiger partial charge in [-0.1, -0.05) is 34.9 Å². The molecule has 2 aliphatic rings. The van der Waals surface area contributed by atoms with E-state index >= 15 is 0 Å². The maximum Gasteiger partial charge on any atom is 0.0366 e. The maximum absolute atomic E-state index is 2.53. The Labute approximate surface area is 148 Å². The van der Waals surface area contributed by atoms with Crippen LogP contribution < -0.4 is 20.4 Å². The minimum Gasteiger partial charge on any atom is -0.372 e. The van der Waals surface area contributed by atoms with E-state index in [9.17, 15) is 0 Å². The molecule has 2 aliphatic heterocycles. The fourth-order valence-corrected chi connectivity index (χ4v) is 4.47. The highest BCUT2D eigenvalue weighted by molar-refractivity contribution is 7.94. The monoisotopic (exact) mass is 337 g/mol. The van der Waals surface area contributed by atoms with Gasteiger partial charge in [0.05, 0.1) is 0 Å². The Morgan fingerprint density at radius 2 is 0.917 bits per heavy atom. The van der Waals surface area contributed by atoms with Gasteiger partial charge < -0.3 is 9.80 Å². The average molecular weight is 337 g/mol. The van der Waals surface area contributed by atoms with Crippen LogP contribution in [-0.4, -0.2) is 33.7 Å². The van der Waals surface area contributed by atoms with Crippen LogP contribution in [0.5, 0.6) is 0 Å². The molecule has 2 aromatic rings. The van der Waals surface area contributed by atoms with Crippen molar-refractivity contribution < 1.29 is 0 Å². The summed E-state index contributed by atoms with van der Waals surface area (Å²) >= 11 is 0. The minimum atomic E-state index is -0.00695. The summed E-state index contributed by atoms with van der Waals surface area (Å²) in [5.41, 5.74) is 2.84. The molecule has 2 fully saturated rings. The van der Waals surface area contributed by atoms with E-state index in [1.807, 2.05) is 0 Å². The van der Waals surface area contributed by atoms with Crippen LogP contribution in [0.15, 0.2) is 48.5 Å². The van der Waals surface area contributed by atoms with Crippen molar-refractivity contribution in [3.63, 3.8) is 0 Å². The molecule has 0 aliphatic carbocycles. The Morgan fingerprint density at radius 3 is 1.25 bits per heavy atom. The smallest absolute Gasteiger partial charge is 0.0366 e. The van der Waals surface area contributed by atoms with E-state index in [1.165, 1.54) is 63.2 Å². The van der Waals surface area contributed by atoms with Crippen LogP contribution in [0, 0.1) is 0 Å². The predicted octanol–water partition coefficient (Wildman–Crippen LogP) is 2.60. The molecular weight excluding hydrogens is 310 g/mol. The van der Waals surface area contributed by atoms with E-state index in [4.69, 9.17) is 0 Å². The molecule has 2 saturated heterocycles. The van der Waals surface area contributed by atoms with Gasteiger partial charge in [-0.15, -0.1) is 0 Å². The first-order valence-corrected chi connectivity index (χ1v) is 9.70. The van der Waals surface area contributed by atoms with E-state index < -0.39 is 0 Å². The van der Waals surface area contributed by atoms with E-state index in [0.29, 0.717) is 0 Å². The summed E-state index contributed by atoms with van der Waals surface area (Å²) in [5.74, 6) is 0. The molecule has 0 saturated carbocycles. The lowest BCUT2D eigenvalue weighted by Crippen LogP contribution is -2.19. The number of hydrogen-bond donors (Lipinski definition) is 0. The number of anilines is 2. The molecule has 0 amide bonds. The van der Waals surface area contributed by atoms with E-state index in [2.05, 4.69) is 58.3 Å². The molecule has 126 valence electrons. The SMILES string of the molecule is [BH3-]P(c1ccc(N2CCCC2)cc1)c1ccc(N2CCCC2)cc1. The first-order valence-electron chi connectivity index (χ1n) is 8.80. The number of hydrogen-bond acceptors (Lipinski definition) is 2. The fourth-order valence-electron chi connectivity index (χ4n) is 3.58. The van der Waals surface area contributed by atoms with Crippen LogP contribution in [0.4, 0.5) is 11.4 Å². The van der Waals surface area contributed by atoms with E-state index in [0.717, 1.165) is 0 Å². The first-order chi connectivity index (χ1) is 11.8. The lowest BCUT2D eigenvalue weighted by atomic mass is 10.3. The molecule has 0 N–H and O–H groups in total. The van der Waals surface area contributed by atoms with Crippen molar-refractivity contribution in [3.8, 4) is 0 Å². The first kappa shape index (κ1) is 16.0. The zero-order valence-corrected chi connectivity index (χ0v) is 14.5. The molecule has 2 heterocycles. The number of nitrogens with zero attached hydrogens (tertiary/aromatic N) is 2.